The van der Waals surface area contributed by atoms with Gasteiger partial charge >= 0.3 is 0 Å². The van der Waals surface area contributed by atoms with Gasteiger partial charge in [0, 0.05) is 16.0 Å². The van der Waals surface area contributed by atoms with Crippen LogP contribution < -0.4 is 0 Å². The monoisotopic (exact) mass is 260 g/mol. The number of alkyl halides is 1. The lowest BCUT2D eigenvalue weighted by molar-refractivity contribution is 0.204. The zero-order valence-corrected chi connectivity index (χ0v) is 9.17. The zero-order valence-electron chi connectivity index (χ0n) is 6.02. The third-order valence-electron chi connectivity index (χ3n) is 2.18. The van der Waals surface area contributed by atoms with E-state index in [1.165, 1.54) is 0 Å². The second-order valence-electron chi connectivity index (χ2n) is 3.17. The first kappa shape index (κ1) is 9.81. The Morgan fingerprint density at radius 3 is 2.09 bits per heavy atom. The topological polar surface area (TPSA) is 34.1 Å². The third kappa shape index (κ3) is 2.60. The highest BCUT2D eigenvalue weighted by Crippen LogP contribution is 2.43. The van der Waals surface area contributed by atoms with Crippen LogP contribution in [0.3, 0.4) is 0 Å². The molecule has 0 aliphatic heterocycles. The highest BCUT2D eigenvalue weighted by Gasteiger charge is 2.39. The van der Waals surface area contributed by atoms with Crippen LogP contribution in [0.4, 0.5) is 0 Å². The van der Waals surface area contributed by atoms with Gasteiger partial charge in [0.1, 0.15) is 0 Å². The second kappa shape index (κ2) is 3.23. The molecule has 1 aliphatic carbocycles. The maximum Gasteiger partial charge on any atom is 0.233 e. The first-order chi connectivity index (χ1) is 4.97. The SMILES string of the molecule is O=S(=O)(Cl)CC1(CBr)CCC1. The van der Waals surface area contributed by atoms with E-state index in [0.717, 1.165) is 24.6 Å². The summed E-state index contributed by atoms with van der Waals surface area (Å²) in [5, 5.41) is 0.742. The van der Waals surface area contributed by atoms with Crippen LogP contribution >= 0.6 is 26.6 Å². The standard InChI is InChI=1S/C6H10BrClO2S/c7-4-6(2-1-3-6)5-11(8,9)10/h1-5H2. The summed E-state index contributed by atoms with van der Waals surface area (Å²) in [6.07, 6.45) is 3.08. The van der Waals surface area contributed by atoms with Crippen LogP contribution in [0.5, 0.6) is 0 Å². The van der Waals surface area contributed by atoms with E-state index in [1.807, 2.05) is 0 Å². The first-order valence-electron chi connectivity index (χ1n) is 3.46. The Kier molecular flexibility index (Phi) is 2.88. The summed E-state index contributed by atoms with van der Waals surface area (Å²) in [6, 6.07) is 0. The molecule has 0 atom stereocenters. The van der Waals surface area contributed by atoms with Crippen molar-refractivity contribution in [3.63, 3.8) is 0 Å². The second-order valence-corrected chi connectivity index (χ2v) is 6.51. The Bertz CT molecular complexity index is 227. The van der Waals surface area contributed by atoms with E-state index in [0.29, 0.717) is 0 Å². The van der Waals surface area contributed by atoms with Gasteiger partial charge in [0.25, 0.3) is 0 Å². The van der Waals surface area contributed by atoms with Crippen molar-refractivity contribution in [1.82, 2.24) is 0 Å². The van der Waals surface area contributed by atoms with Gasteiger partial charge in [0.15, 0.2) is 0 Å². The first-order valence-corrected chi connectivity index (χ1v) is 7.06. The fraction of sp³-hybridized carbons (Fsp3) is 1.00. The van der Waals surface area contributed by atoms with Crippen LogP contribution in [0.1, 0.15) is 19.3 Å². The van der Waals surface area contributed by atoms with Crippen LogP contribution in [-0.2, 0) is 9.05 Å². The summed E-state index contributed by atoms with van der Waals surface area (Å²) < 4.78 is 21.5. The van der Waals surface area contributed by atoms with Crippen molar-refractivity contribution in [1.29, 1.82) is 0 Å². The molecule has 0 aromatic heterocycles. The van der Waals surface area contributed by atoms with E-state index in [2.05, 4.69) is 15.9 Å². The van der Waals surface area contributed by atoms with E-state index < -0.39 is 9.05 Å². The van der Waals surface area contributed by atoms with Gasteiger partial charge in [-0.3, -0.25) is 0 Å². The molecular formula is C6H10BrClO2S. The summed E-state index contributed by atoms with van der Waals surface area (Å²) in [6.45, 7) is 0. The minimum absolute atomic E-state index is 0.0550. The Hall–Kier alpha value is 0.720. The van der Waals surface area contributed by atoms with E-state index in [9.17, 15) is 8.42 Å². The van der Waals surface area contributed by atoms with Gasteiger partial charge in [0.2, 0.25) is 9.05 Å². The van der Waals surface area contributed by atoms with Crippen molar-refractivity contribution in [2.75, 3.05) is 11.1 Å². The molecule has 0 heterocycles. The van der Waals surface area contributed by atoms with Crippen LogP contribution in [0.25, 0.3) is 0 Å². The molecule has 1 saturated carbocycles. The molecule has 0 unspecified atom stereocenters. The molecule has 11 heavy (non-hydrogen) atoms. The molecule has 0 amide bonds. The number of halogens is 2. The van der Waals surface area contributed by atoms with Gasteiger partial charge in [-0.25, -0.2) is 8.42 Å². The summed E-state index contributed by atoms with van der Waals surface area (Å²) >= 11 is 3.31. The lowest BCUT2D eigenvalue weighted by atomic mass is 9.72. The molecule has 0 spiro atoms. The summed E-state index contributed by atoms with van der Waals surface area (Å²) in [5.41, 5.74) is -0.0550. The smallest absolute Gasteiger partial charge is 0.212 e. The van der Waals surface area contributed by atoms with Crippen LogP contribution in [-0.4, -0.2) is 19.5 Å². The third-order valence-corrected chi connectivity index (χ3v) is 4.65. The molecule has 2 nitrogen and oxygen atoms in total. The van der Waals surface area contributed by atoms with E-state index in [1.54, 1.807) is 0 Å². The average molecular weight is 262 g/mol. The minimum atomic E-state index is -3.31. The lowest BCUT2D eigenvalue weighted by Gasteiger charge is -2.39. The maximum absolute atomic E-state index is 10.7. The lowest BCUT2D eigenvalue weighted by Crippen LogP contribution is -2.36. The van der Waals surface area contributed by atoms with E-state index in [4.69, 9.17) is 10.7 Å². The molecule has 1 rings (SSSR count). The molecular weight excluding hydrogens is 251 g/mol. The number of hydrogen-bond donors (Lipinski definition) is 0. The molecule has 5 heteroatoms. The molecule has 0 radical (unpaired) electrons. The van der Waals surface area contributed by atoms with E-state index >= 15 is 0 Å². The quantitative estimate of drug-likeness (QED) is 0.576. The van der Waals surface area contributed by atoms with Gasteiger partial charge in [-0.15, -0.1) is 0 Å². The molecule has 0 N–H and O–H groups in total. The molecule has 0 saturated heterocycles. The molecule has 0 bridgehead atoms. The van der Waals surface area contributed by atoms with Gasteiger partial charge in [-0.05, 0) is 18.3 Å². The molecule has 1 fully saturated rings. The minimum Gasteiger partial charge on any atom is -0.212 e. The highest BCUT2D eigenvalue weighted by molar-refractivity contribution is 9.09. The molecule has 0 aromatic carbocycles. The fourth-order valence-electron chi connectivity index (χ4n) is 1.36. The Morgan fingerprint density at radius 2 is 2.00 bits per heavy atom. The van der Waals surface area contributed by atoms with Crippen LogP contribution in [0.2, 0.25) is 0 Å². The van der Waals surface area contributed by atoms with Crippen molar-refractivity contribution in [2.24, 2.45) is 5.41 Å². The zero-order chi connectivity index (χ0) is 8.54. The number of rotatable bonds is 3. The maximum atomic E-state index is 10.7. The molecule has 66 valence electrons. The Morgan fingerprint density at radius 1 is 1.45 bits per heavy atom. The van der Waals surface area contributed by atoms with Crippen molar-refractivity contribution in [2.45, 2.75) is 19.3 Å². The van der Waals surface area contributed by atoms with Crippen molar-refractivity contribution < 1.29 is 8.42 Å². The average Bonchev–Trinajstić information content (AvgIpc) is 1.77. The van der Waals surface area contributed by atoms with Gasteiger partial charge in [-0.2, -0.15) is 0 Å². The molecule has 1 aliphatic rings. The van der Waals surface area contributed by atoms with Crippen molar-refractivity contribution >= 4 is 35.7 Å². The van der Waals surface area contributed by atoms with Gasteiger partial charge in [-0.1, -0.05) is 22.4 Å². The van der Waals surface area contributed by atoms with E-state index in [-0.39, 0.29) is 11.2 Å². The predicted molar refractivity (Wildman–Crippen MR) is 49.7 cm³/mol. The van der Waals surface area contributed by atoms with Crippen LogP contribution in [0.15, 0.2) is 0 Å². The summed E-state index contributed by atoms with van der Waals surface area (Å²) in [4.78, 5) is 0. The van der Waals surface area contributed by atoms with Crippen molar-refractivity contribution in [3.05, 3.63) is 0 Å². The van der Waals surface area contributed by atoms with Crippen LogP contribution in [0, 0.1) is 5.41 Å². The highest BCUT2D eigenvalue weighted by atomic mass is 79.9. The Labute approximate surface area is 79.9 Å². The molecule has 0 aromatic rings. The largest absolute Gasteiger partial charge is 0.233 e. The predicted octanol–water partition coefficient (Wildman–Crippen LogP) is 2.12. The van der Waals surface area contributed by atoms with Crippen molar-refractivity contribution in [3.8, 4) is 0 Å². The van der Waals surface area contributed by atoms with Gasteiger partial charge < -0.3 is 0 Å². The normalized spacial score (nSPS) is 22.7. The van der Waals surface area contributed by atoms with Gasteiger partial charge in [0.05, 0.1) is 5.75 Å². The summed E-state index contributed by atoms with van der Waals surface area (Å²) in [5.74, 6) is 0.118. The fourth-order valence-corrected chi connectivity index (χ4v) is 4.20. The summed E-state index contributed by atoms with van der Waals surface area (Å²) in [7, 11) is 1.85. The Balaban J connectivity index is 2.59. The number of hydrogen-bond acceptors (Lipinski definition) is 2.